The summed E-state index contributed by atoms with van der Waals surface area (Å²) < 4.78 is 12.9. The molecule has 0 spiro atoms. The predicted molar refractivity (Wildman–Crippen MR) is 112 cm³/mol. The van der Waals surface area contributed by atoms with Crippen LogP contribution in [0, 0.1) is 5.82 Å². The summed E-state index contributed by atoms with van der Waals surface area (Å²) in [6.45, 7) is 0. The van der Waals surface area contributed by atoms with Gasteiger partial charge >= 0.3 is 0 Å². The van der Waals surface area contributed by atoms with Crippen LogP contribution in [0.5, 0.6) is 0 Å². The molecular weight excluding hydrogens is 399 g/mol. The average molecular weight is 415 g/mol. The summed E-state index contributed by atoms with van der Waals surface area (Å²) >= 11 is 7.39. The Bertz CT molecular complexity index is 978. The van der Waals surface area contributed by atoms with Gasteiger partial charge in [0, 0.05) is 16.1 Å². The van der Waals surface area contributed by atoms with Crippen LogP contribution >= 0.6 is 23.4 Å². The maximum absolute atomic E-state index is 12.9. The molecule has 3 rings (SSSR count). The molecule has 0 atom stereocenters. The standard InChI is InChI=1S/C21H16ClFN2O2S/c22-18-3-1-2-4-19(18)25-20(26)13-28-17-11-9-16(10-12-17)24-21(27)14-5-7-15(23)8-6-14/h1-12H,13H2,(H,24,27)(H,25,26). The first-order chi connectivity index (χ1) is 13.5. The summed E-state index contributed by atoms with van der Waals surface area (Å²) in [5.74, 6) is -0.644. The molecule has 0 aliphatic rings. The van der Waals surface area contributed by atoms with Crippen molar-refractivity contribution in [3.8, 4) is 0 Å². The summed E-state index contributed by atoms with van der Waals surface area (Å²) in [4.78, 5) is 25.1. The third-order valence-corrected chi connectivity index (χ3v) is 5.08. The zero-order valence-electron chi connectivity index (χ0n) is 14.6. The molecule has 4 nitrogen and oxygen atoms in total. The van der Waals surface area contributed by atoms with Gasteiger partial charge in [0.1, 0.15) is 5.82 Å². The number of nitrogens with one attached hydrogen (secondary N) is 2. The van der Waals surface area contributed by atoms with Crippen LogP contribution in [0.3, 0.4) is 0 Å². The molecule has 0 heterocycles. The molecule has 0 aromatic heterocycles. The Morgan fingerprint density at radius 1 is 0.893 bits per heavy atom. The highest BCUT2D eigenvalue weighted by Crippen LogP contribution is 2.23. The van der Waals surface area contributed by atoms with Crippen LogP contribution in [0.1, 0.15) is 10.4 Å². The van der Waals surface area contributed by atoms with E-state index in [4.69, 9.17) is 11.6 Å². The quantitative estimate of drug-likeness (QED) is 0.526. The highest BCUT2D eigenvalue weighted by atomic mass is 35.5. The molecule has 0 radical (unpaired) electrons. The Labute approximate surface area is 171 Å². The van der Waals surface area contributed by atoms with Crippen molar-refractivity contribution in [1.29, 1.82) is 0 Å². The summed E-state index contributed by atoms with van der Waals surface area (Å²) in [7, 11) is 0. The normalized spacial score (nSPS) is 10.4. The number of hydrogen-bond acceptors (Lipinski definition) is 3. The third-order valence-electron chi connectivity index (χ3n) is 3.74. The van der Waals surface area contributed by atoms with Crippen LogP contribution in [-0.2, 0) is 4.79 Å². The summed E-state index contributed by atoms with van der Waals surface area (Å²) in [5.41, 5.74) is 1.56. The Hall–Kier alpha value is -2.83. The van der Waals surface area contributed by atoms with Gasteiger partial charge in [-0.2, -0.15) is 0 Å². The second-order valence-electron chi connectivity index (χ2n) is 5.80. The lowest BCUT2D eigenvalue weighted by Crippen LogP contribution is -2.14. The van der Waals surface area contributed by atoms with Gasteiger partial charge in [-0.3, -0.25) is 9.59 Å². The number of anilines is 2. The summed E-state index contributed by atoms with van der Waals surface area (Å²) in [5, 5.41) is 6.00. The monoisotopic (exact) mass is 414 g/mol. The second-order valence-corrected chi connectivity index (χ2v) is 7.26. The van der Waals surface area contributed by atoms with E-state index in [1.807, 2.05) is 12.1 Å². The van der Waals surface area contributed by atoms with E-state index in [0.717, 1.165) is 4.90 Å². The van der Waals surface area contributed by atoms with Gasteiger partial charge in [-0.1, -0.05) is 23.7 Å². The minimum Gasteiger partial charge on any atom is -0.324 e. The van der Waals surface area contributed by atoms with Gasteiger partial charge in [0.25, 0.3) is 5.91 Å². The zero-order chi connectivity index (χ0) is 19.9. The van der Waals surface area contributed by atoms with E-state index in [0.29, 0.717) is 22.0 Å². The molecule has 2 N–H and O–H groups in total. The van der Waals surface area contributed by atoms with E-state index < -0.39 is 5.82 Å². The maximum Gasteiger partial charge on any atom is 0.255 e. The highest BCUT2D eigenvalue weighted by molar-refractivity contribution is 8.00. The lowest BCUT2D eigenvalue weighted by molar-refractivity contribution is -0.113. The smallest absolute Gasteiger partial charge is 0.255 e. The zero-order valence-corrected chi connectivity index (χ0v) is 16.2. The molecule has 3 aromatic rings. The van der Waals surface area contributed by atoms with Gasteiger partial charge in [0.2, 0.25) is 5.91 Å². The molecule has 0 saturated carbocycles. The van der Waals surface area contributed by atoms with Crippen LogP contribution < -0.4 is 10.6 Å². The fraction of sp³-hybridized carbons (Fsp3) is 0.0476. The topological polar surface area (TPSA) is 58.2 Å². The Morgan fingerprint density at radius 2 is 1.57 bits per heavy atom. The first-order valence-corrected chi connectivity index (χ1v) is 9.72. The number of carbonyl (C=O) groups is 2. The highest BCUT2D eigenvalue weighted by Gasteiger charge is 2.08. The third kappa shape index (κ3) is 5.58. The van der Waals surface area contributed by atoms with Crippen molar-refractivity contribution >= 4 is 46.6 Å². The van der Waals surface area contributed by atoms with Crippen molar-refractivity contribution in [2.45, 2.75) is 4.90 Å². The molecule has 28 heavy (non-hydrogen) atoms. The van der Waals surface area contributed by atoms with Crippen molar-refractivity contribution in [3.63, 3.8) is 0 Å². The Balaban J connectivity index is 1.51. The SMILES string of the molecule is O=C(CSc1ccc(NC(=O)c2ccc(F)cc2)cc1)Nc1ccccc1Cl. The molecule has 0 bridgehead atoms. The van der Waals surface area contributed by atoms with Gasteiger partial charge in [0.15, 0.2) is 0 Å². The van der Waals surface area contributed by atoms with E-state index in [1.165, 1.54) is 36.0 Å². The number of carbonyl (C=O) groups excluding carboxylic acids is 2. The van der Waals surface area contributed by atoms with Gasteiger partial charge in [-0.15, -0.1) is 11.8 Å². The van der Waals surface area contributed by atoms with Crippen LogP contribution in [0.2, 0.25) is 5.02 Å². The van der Waals surface area contributed by atoms with Crippen molar-refractivity contribution in [2.75, 3.05) is 16.4 Å². The number of halogens is 2. The molecule has 0 unspecified atom stereocenters. The van der Waals surface area contributed by atoms with Crippen LogP contribution in [0.15, 0.2) is 77.7 Å². The Morgan fingerprint density at radius 3 is 2.25 bits per heavy atom. The molecule has 0 aliphatic carbocycles. The summed E-state index contributed by atoms with van der Waals surface area (Å²) in [6, 6.07) is 19.5. The number of thioether (sulfide) groups is 1. The van der Waals surface area contributed by atoms with E-state index in [2.05, 4.69) is 10.6 Å². The van der Waals surface area contributed by atoms with Crippen LogP contribution in [-0.4, -0.2) is 17.6 Å². The Kier molecular flexibility index (Phi) is 6.68. The lowest BCUT2D eigenvalue weighted by Gasteiger charge is -2.08. The lowest BCUT2D eigenvalue weighted by atomic mass is 10.2. The van der Waals surface area contributed by atoms with Crippen molar-refractivity contribution in [3.05, 3.63) is 89.2 Å². The molecule has 7 heteroatoms. The van der Waals surface area contributed by atoms with Crippen molar-refractivity contribution < 1.29 is 14.0 Å². The van der Waals surface area contributed by atoms with E-state index in [1.54, 1.807) is 36.4 Å². The minimum absolute atomic E-state index is 0.160. The van der Waals surface area contributed by atoms with Crippen molar-refractivity contribution in [2.24, 2.45) is 0 Å². The number of benzene rings is 3. The molecule has 0 saturated heterocycles. The van der Waals surface area contributed by atoms with Crippen LogP contribution in [0.25, 0.3) is 0 Å². The number of para-hydroxylation sites is 1. The molecular formula is C21H16ClFN2O2S. The van der Waals surface area contributed by atoms with E-state index in [9.17, 15) is 14.0 Å². The fourth-order valence-electron chi connectivity index (χ4n) is 2.34. The maximum atomic E-state index is 12.9. The summed E-state index contributed by atoms with van der Waals surface area (Å²) in [6.07, 6.45) is 0. The van der Waals surface area contributed by atoms with Gasteiger partial charge in [-0.25, -0.2) is 4.39 Å². The van der Waals surface area contributed by atoms with Crippen LogP contribution in [0.4, 0.5) is 15.8 Å². The number of rotatable bonds is 6. The van der Waals surface area contributed by atoms with Gasteiger partial charge in [-0.05, 0) is 60.7 Å². The molecule has 2 amide bonds. The van der Waals surface area contributed by atoms with Gasteiger partial charge < -0.3 is 10.6 Å². The largest absolute Gasteiger partial charge is 0.324 e. The van der Waals surface area contributed by atoms with E-state index >= 15 is 0 Å². The molecule has 142 valence electrons. The van der Waals surface area contributed by atoms with Crippen molar-refractivity contribution in [1.82, 2.24) is 0 Å². The minimum atomic E-state index is -0.392. The average Bonchev–Trinajstić information content (AvgIpc) is 2.70. The van der Waals surface area contributed by atoms with E-state index in [-0.39, 0.29) is 17.6 Å². The first-order valence-electron chi connectivity index (χ1n) is 8.35. The number of hydrogen-bond donors (Lipinski definition) is 2. The second kappa shape index (κ2) is 9.39. The molecule has 0 fully saturated rings. The number of amides is 2. The fourth-order valence-corrected chi connectivity index (χ4v) is 3.22. The van der Waals surface area contributed by atoms with Gasteiger partial charge in [0.05, 0.1) is 16.5 Å². The predicted octanol–water partition coefficient (Wildman–Crippen LogP) is 5.46. The molecule has 0 aliphatic heterocycles. The molecule has 3 aromatic carbocycles. The first kappa shape index (κ1) is 19.9.